The number of rotatable bonds is 1. The van der Waals surface area contributed by atoms with Gasteiger partial charge in [0.15, 0.2) is 5.11 Å². The maximum atomic E-state index is 5.46. The molecule has 0 saturated carbocycles. The minimum Gasteiger partial charge on any atom is -0.376 e. The van der Waals surface area contributed by atoms with Gasteiger partial charge in [0.2, 0.25) is 0 Å². The van der Waals surface area contributed by atoms with E-state index in [1.807, 2.05) is 37.4 Å². The van der Waals surface area contributed by atoms with Crippen LogP contribution >= 0.6 is 12.2 Å². The van der Waals surface area contributed by atoms with Gasteiger partial charge in [-0.1, -0.05) is 12.1 Å². The van der Waals surface area contributed by atoms with Crippen LogP contribution in [0.25, 0.3) is 10.8 Å². The minimum absolute atomic E-state index is 0.275. The Morgan fingerprint density at radius 1 is 1.47 bits per heavy atom. The number of nitrogens with two attached hydrogens (primary N) is 1. The van der Waals surface area contributed by atoms with Crippen molar-refractivity contribution in [3.8, 4) is 0 Å². The van der Waals surface area contributed by atoms with E-state index in [9.17, 15) is 0 Å². The molecule has 2 rings (SSSR count). The molecule has 3 nitrogen and oxygen atoms in total. The summed E-state index contributed by atoms with van der Waals surface area (Å²) in [5.41, 5.74) is 7.35. The van der Waals surface area contributed by atoms with Crippen molar-refractivity contribution < 1.29 is 0 Å². The highest BCUT2D eigenvalue weighted by atomic mass is 32.1. The predicted octanol–water partition coefficient (Wildman–Crippen LogP) is 2.20. The second-order valence-corrected chi connectivity index (χ2v) is 3.78. The summed E-state index contributed by atoms with van der Waals surface area (Å²) in [6, 6.07) is 7.91. The molecule has 0 atom stereocenters. The average molecular weight is 217 g/mol. The number of pyridine rings is 1. The first kappa shape index (κ1) is 9.86. The Kier molecular flexibility index (Phi) is 2.51. The van der Waals surface area contributed by atoms with Crippen molar-refractivity contribution in [2.45, 2.75) is 6.92 Å². The Hall–Kier alpha value is -1.68. The quantitative estimate of drug-likeness (QED) is 0.719. The normalized spacial score (nSPS) is 10.2. The molecule has 0 spiro atoms. The van der Waals surface area contributed by atoms with Crippen LogP contribution in [-0.4, -0.2) is 10.1 Å². The molecule has 4 heteroatoms. The third-order valence-corrected chi connectivity index (χ3v) is 2.26. The summed E-state index contributed by atoms with van der Waals surface area (Å²) < 4.78 is 0. The fourth-order valence-electron chi connectivity index (χ4n) is 1.52. The van der Waals surface area contributed by atoms with Crippen LogP contribution in [0.2, 0.25) is 0 Å². The lowest BCUT2D eigenvalue weighted by Crippen LogP contribution is -2.19. The first-order valence-corrected chi connectivity index (χ1v) is 4.99. The molecular weight excluding hydrogens is 206 g/mol. The smallest absolute Gasteiger partial charge is 0.168 e. The van der Waals surface area contributed by atoms with Crippen LogP contribution in [0.5, 0.6) is 0 Å². The lowest BCUT2D eigenvalue weighted by Gasteiger charge is -2.08. The van der Waals surface area contributed by atoms with Crippen LogP contribution in [0.15, 0.2) is 30.5 Å². The zero-order valence-corrected chi connectivity index (χ0v) is 9.14. The van der Waals surface area contributed by atoms with Crippen molar-refractivity contribution in [2.75, 3.05) is 5.32 Å². The third kappa shape index (κ3) is 2.05. The van der Waals surface area contributed by atoms with Crippen molar-refractivity contribution in [2.24, 2.45) is 5.73 Å². The number of nitrogens with zero attached hydrogens (tertiary/aromatic N) is 1. The lowest BCUT2D eigenvalue weighted by molar-refractivity contribution is 1.22. The number of hydrogen-bond donors (Lipinski definition) is 2. The van der Waals surface area contributed by atoms with Gasteiger partial charge in [-0.2, -0.15) is 0 Å². The SMILES string of the molecule is Cc1cc2c(NC(N)=S)cccc2cn1. The number of aryl methyl sites for hydroxylation is 1. The van der Waals surface area contributed by atoms with Gasteiger partial charge in [0.25, 0.3) is 0 Å². The summed E-state index contributed by atoms with van der Waals surface area (Å²) >= 11 is 4.82. The highest BCUT2D eigenvalue weighted by molar-refractivity contribution is 7.80. The number of nitrogens with one attached hydrogen (secondary N) is 1. The number of fused-ring (bicyclic) bond motifs is 1. The van der Waals surface area contributed by atoms with Gasteiger partial charge in [-0.05, 0) is 31.3 Å². The van der Waals surface area contributed by atoms with Crippen molar-refractivity contribution in [3.05, 3.63) is 36.2 Å². The largest absolute Gasteiger partial charge is 0.376 e. The third-order valence-electron chi connectivity index (χ3n) is 2.16. The van der Waals surface area contributed by atoms with Gasteiger partial charge < -0.3 is 11.1 Å². The molecule has 1 aromatic heterocycles. The highest BCUT2D eigenvalue weighted by Gasteiger charge is 2.01. The van der Waals surface area contributed by atoms with Gasteiger partial charge in [-0.15, -0.1) is 0 Å². The van der Waals surface area contributed by atoms with E-state index in [0.29, 0.717) is 0 Å². The summed E-state index contributed by atoms with van der Waals surface area (Å²) in [5.74, 6) is 0. The predicted molar refractivity (Wildman–Crippen MR) is 66.9 cm³/mol. The minimum atomic E-state index is 0.275. The number of thiocarbonyl (C=S) groups is 1. The molecule has 0 unspecified atom stereocenters. The number of anilines is 1. The van der Waals surface area contributed by atoms with Crippen molar-refractivity contribution in [3.63, 3.8) is 0 Å². The molecule has 15 heavy (non-hydrogen) atoms. The molecule has 0 bridgehead atoms. The Labute approximate surface area is 93.3 Å². The van der Waals surface area contributed by atoms with Crippen molar-refractivity contribution in [1.82, 2.24) is 4.98 Å². The monoisotopic (exact) mass is 217 g/mol. The van der Waals surface area contributed by atoms with Gasteiger partial charge in [0, 0.05) is 28.4 Å². The molecule has 0 aliphatic heterocycles. The molecule has 1 aromatic carbocycles. The summed E-state index contributed by atoms with van der Waals surface area (Å²) in [4.78, 5) is 4.24. The molecule has 0 aliphatic rings. The summed E-state index contributed by atoms with van der Waals surface area (Å²) in [7, 11) is 0. The Morgan fingerprint density at radius 2 is 2.27 bits per heavy atom. The second kappa shape index (κ2) is 3.82. The van der Waals surface area contributed by atoms with Crippen molar-refractivity contribution >= 4 is 33.8 Å². The van der Waals surface area contributed by atoms with Gasteiger partial charge in [0.1, 0.15) is 0 Å². The lowest BCUT2D eigenvalue weighted by atomic mass is 10.1. The van der Waals surface area contributed by atoms with E-state index in [4.69, 9.17) is 18.0 Å². The standard InChI is InChI=1S/C11H11N3S/c1-7-5-9-8(6-13-7)3-2-4-10(9)14-11(12)15/h2-6H,1H3,(H3,12,14,15). The van der Waals surface area contributed by atoms with E-state index in [1.54, 1.807) is 0 Å². The fraction of sp³-hybridized carbons (Fsp3) is 0.0909. The van der Waals surface area contributed by atoms with Crippen LogP contribution in [0.3, 0.4) is 0 Å². The molecule has 0 saturated heterocycles. The topological polar surface area (TPSA) is 50.9 Å². The van der Waals surface area contributed by atoms with E-state index in [2.05, 4.69) is 10.3 Å². The van der Waals surface area contributed by atoms with Gasteiger partial charge >= 0.3 is 0 Å². The van der Waals surface area contributed by atoms with E-state index in [1.165, 1.54) is 0 Å². The fourth-order valence-corrected chi connectivity index (χ4v) is 1.63. The Balaban J connectivity index is 2.63. The van der Waals surface area contributed by atoms with E-state index < -0.39 is 0 Å². The number of hydrogen-bond acceptors (Lipinski definition) is 2. The summed E-state index contributed by atoms with van der Waals surface area (Å²) in [6.07, 6.45) is 1.84. The molecule has 2 aromatic rings. The zero-order valence-electron chi connectivity index (χ0n) is 8.32. The molecule has 76 valence electrons. The van der Waals surface area contributed by atoms with Gasteiger partial charge in [-0.3, -0.25) is 4.98 Å². The highest BCUT2D eigenvalue weighted by Crippen LogP contribution is 2.22. The maximum Gasteiger partial charge on any atom is 0.168 e. The summed E-state index contributed by atoms with van der Waals surface area (Å²) in [6.45, 7) is 1.96. The first-order chi connectivity index (χ1) is 7.16. The molecule has 0 fully saturated rings. The van der Waals surface area contributed by atoms with Gasteiger partial charge in [0.05, 0.1) is 0 Å². The Morgan fingerprint density at radius 3 is 3.00 bits per heavy atom. The summed E-state index contributed by atoms with van der Waals surface area (Å²) in [5, 5.41) is 5.38. The second-order valence-electron chi connectivity index (χ2n) is 3.34. The van der Waals surface area contributed by atoms with Gasteiger partial charge in [-0.25, -0.2) is 0 Å². The number of aromatic nitrogens is 1. The molecule has 3 N–H and O–H groups in total. The molecule has 0 aliphatic carbocycles. The zero-order chi connectivity index (χ0) is 10.8. The molecule has 0 amide bonds. The average Bonchev–Trinajstić information content (AvgIpc) is 2.18. The van der Waals surface area contributed by atoms with Crippen LogP contribution in [0.4, 0.5) is 5.69 Å². The Bertz CT molecular complexity index is 522. The van der Waals surface area contributed by atoms with E-state index in [0.717, 1.165) is 22.2 Å². The molecular formula is C11H11N3S. The van der Waals surface area contributed by atoms with Crippen LogP contribution in [0, 0.1) is 6.92 Å². The van der Waals surface area contributed by atoms with Crippen LogP contribution in [-0.2, 0) is 0 Å². The van der Waals surface area contributed by atoms with E-state index >= 15 is 0 Å². The van der Waals surface area contributed by atoms with Crippen molar-refractivity contribution in [1.29, 1.82) is 0 Å². The first-order valence-electron chi connectivity index (χ1n) is 4.58. The molecule has 0 radical (unpaired) electrons. The maximum absolute atomic E-state index is 5.46. The molecule has 1 heterocycles. The number of benzene rings is 1. The van der Waals surface area contributed by atoms with Crippen LogP contribution < -0.4 is 11.1 Å². The van der Waals surface area contributed by atoms with E-state index in [-0.39, 0.29) is 5.11 Å². The van der Waals surface area contributed by atoms with Crippen LogP contribution in [0.1, 0.15) is 5.69 Å².